The first-order valence-electron chi connectivity index (χ1n) is 6.76. The molecule has 0 saturated carbocycles. The van der Waals surface area contributed by atoms with E-state index in [1.807, 2.05) is 11.5 Å². The van der Waals surface area contributed by atoms with Crippen LogP contribution < -0.4 is 5.73 Å². The van der Waals surface area contributed by atoms with Crippen LogP contribution in [0.1, 0.15) is 24.7 Å². The van der Waals surface area contributed by atoms with Gasteiger partial charge >= 0.3 is 0 Å². The fraction of sp³-hybridized carbons (Fsp3) is 0.429. The minimum Gasteiger partial charge on any atom is -0.324 e. The molecule has 1 aromatic heterocycles. The molecule has 0 aliphatic heterocycles. The van der Waals surface area contributed by atoms with Crippen LogP contribution in [-0.4, -0.2) is 20.5 Å². The molecular weight excluding hydrogens is 294 g/mol. The number of benzene rings is 1. The Morgan fingerprint density at radius 2 is 1.95 bits per heavy atom. The molecule has 2 aromatic rings. The van der Waals surface area contributed by atoms with Crippen LogP contribution in [0, 0.1) is 0 Å². The molecular formula is C14H18F2N4S. The second kappa shape index (κ2) is 7.00. The first-order chi connectivity index (χ1) is 10.1. The van der Waals surface area contributed by atoms with Gasteiger partial charge in [-0.05, 0) is 6.42 Å². The molecule has 1 heterocycles. The number of aromatic nitrogens is 3. The van der Waals surface area contributed by atoms with Gasteiger partial charge in [-0.25, -0.2) is 8.78 Å². The van der Waals surface area contributed by atoms with E-state index in [-0.39, 0.29) is 17.9 Å². The van der Waals surface area contributed by atoms with E-state index in [0.29, 0.717) is 17.5 Å². The van der Waals surface area contributed by atoms with Gasteiger partial charge in [-0.3, -0.25) is 0 Å². The van der Waals surface area contributed by atoms with Crippen molar-refractivity contribution >= 4 is 11.8 Å². The van der Waals surface area contributed by atoms with Crippen molar-refractivity contribution in [3.05, 3.63) is 41.7 Å². The quantitative estimate of drug-likeness (QED) is 0.798. The SMILES string of the molecule is CCCn1c(CN)nnc1SCC(F)(F)c1ccccc1. The molecule has 21 heavy (non-hydrogen) atoms. The summed E-state index contributed by atoms with van der Waals surface area (Å²) >= 11 is 1.01. The zero-order valence-electron chi connectivity index (χ0n) is 11.8. The maximum atomic E-state index is 14.1. The summed E-state index contributed by atoms with van der Waals surface area (Å²) in [6.45, 7) is 2.94. The van der Waals surface area contributed by atoms with Crippen LogP contribution in [0.25, 0.3) is 0 Å². The topological polar surface area (TPSA) is 56.7 Å². The summed E-state index contributed by atoms with van der Waals surface area (Å²) in [5.41, 5.74) is 5.60. The Bertz CT molecular complexity index is 572. The van der Waals surface area contributed by atoms with Crippen LogP contribution >= 0.6 is 11.8 Å². The Hall–Kier alpha value is -1.47. The molecule has 0 radical (unpaired) electrons. The molecule has 0 saturated heterocycles. The second-order valence-corrected chi connectivity index (χ2v) is 5.56. The summed E-state index contributed by atoms with van der Waals surface area (Å²) < 4.78 is 30.1. The minimum atomic E-state index is -2.90. The van der Waals surface area contributed by atoms with E-state index in [4.69, 9.17) is 5.73 Å². The lowest BCUT2D eigenvalue weighted by molar-refractivity contribution is 0.0231. The molecule has 2 rings (SSSR count). The van der Waals surface area contributed by atoms with Crippen molar-refractivity contribution in [1.29, 1.82) is 0 Å². The third-order valence-corrected chi connectivity index (χ3v) is 4.07. The van der Waals surface area contributed by atoms with E-state index in [1.165, 1.54) is 12.1 Å². The predicted molar refractivity (Wildman–Crippen MR) is 79.3 cm³/mol. The van der Waals surface area contributed by atoms with Crippen molar-refractivity contribution in [3.63, 3.8) is 0 Å². The lowest BCUT2D eigenvalue weighted by atomic mass is 10.1. The summed E-state index contributed by atoms with van der Waals surface area (Å²) in [7, 11) is 0. The van der Waals surface area contributed by atoms with Gasteiger partial charge in [0.1, 0.15) is 5.82 Å². The van der Waals surface area contributed by atoms with Crippen molar-refractivity contribution < 1.29 is 8.78 Å². The molecule has 0 amide bonds. The largest absolute Gasteiger partial charge is 0.324 e. The number of hydrogen-bond donors (Lipinski definition) is 1. The third kappa shape index (κ3) is 3.79. The molecule has 7 heteroatoms. The van der Waals surface area contributed by atoms with Crippen LogP contribution in [0.2, 0.25) is 0 Å². The molecule has 114 valence electrons. The summed E-state index contributed by atoms with van der Waals surface area (Å²) in [6, 6.07) is 7.81. The highest BCUT2D eigenvalue weighted by Gasteiger charge is 2.32. The Labute approximate surface area is 126 Å². The average Bonchev–Trinajstić information content (AvgIpc) is 2.89. The monoisotopic (exact) mass is 312 g/mol. The van der Waals surface area contributed by atoms with Gasteiger partial charge in [0.15, 0.2) is 5.16 Å². The van der Waals surface area contributed by atoms with Gasteiger partial charge in [0.25, 0.3) is 5.92 Å². The smallest absolute Gasteiger partial charge is 0.282 e. The Kier molecular flexibility index (Phi) is 5.30. The molecule has 1 aromatic carbocycles. The summed E-state index contributed by atoms with van der Waals surface area (Å²) in [4.78, 5) is 0. The summed E-state index contributed by atoms with van der Waals surface area (Å²) in [6.07, 6.45) is 0.869. The van der Waals surface area contributed by atoms with Gasteiger partial charge in [0, 0.05) is 12.1 Å². The Morgan fingerprint density at radius 1 is 1.24 bits per heavy atom. The zero-order chi connectivity index (χ0) is 15.3. The van der Waals surface area contributed by atoms with E-state index in [9.17, 15) is 8.78 Å². The highest BCUT2D eigenvalue weighted by molar-refractivity contribution is 7.99. The molecule has 0 aliphatic carbocycles. The lowest BCUT2D eigenvalue weighted by Crippen LogP contribution is -2.17. The van der Waals surface area contributed by atoms with Gasteiger partial charge in [-0.1, -0.05) is 49.0 Å². The van der Waals surface area contributed by atoms with Gasteiger partial charge in [0.05, 0.1) is 12.3 Å². The first-order valence-corrected chi connectivity index (χ1v) is 7.75. The highest BCUT2D eigenvalue weighted by atomic mass is 32.2. The van der Waals surface area contributed by atoms with E-state index < -0.39 is 5.92 Å². The van der Waals surface area contributed by atoms with Gasteiger partial charge < -0.3 is 10.3 Å². The van der Waals surface area contributed by atoms with Crippen LogP contribution in [0.15, 0.2) is 35.5 Å². The number of rotatable bonds is 7. The van der Waals surface area contributed by atoms with Crippen molar-refractivity contribution in [2.75, 3.05) is 5.75 Å². The number of nitrogens with zero attached hydrogens (tertiary/aromatic N) is 3. The summed E-state index contributed by atoms with van der Waals surface area (Å²) in [5, 5.41) is 8.41. The molecule has 0 atom stereocenters. The van der Waals surface area contributed by atoms with Crippen molar-refractivity contribution in [1.82, 2.24) is 14.8 Å². The van der Waals surface area contributed by atoms with E-state index in [2.05, 4.69) is 10.2 Å². The van der Waals surface area contributed by atoms with Crippen molar-refractivity contribution in [2.45, 2.75) is 37.5 Å². The van der Waals surface area contributed by atoms with Gasteiger partial charge in [-0.2, -0.15) is 0 Å². The molecule has 0 bridgehead atoms. The van der Waals surface area contributed by atoms with E-state index in [1.54, 1.807) is 18.2 Å². The van der Waals surface area contributed by atoms with Crippen molar-refractivity contribution in [3.8, 4) is 0 Å². The minimum absolute atomic E-state index is 0.0121. The normalized spacial score (nSPS) is 11.8. The standard InChI is InChI=1S/C14H18F2N4S/c1-2-8-20-12(9-17)18-19-13(20)21-10-14(15,16)11-6-4-3-5-7-11/h3-7H,2,8-10,17H2,1H3. The molecule has 4 nitrogen and oxygen atoms in total. The number of thioether (sulfide) groups is 1. The van der Waals surface area contributed by atoms with Crippen LogP contribution in [0.5, 0.6) is 0 Å². The fourth-order valence-electron chi connectivity index (χ4n) is 1.95. The van der Waals surface area contributed by atoms with Crippen LogP contribution in [0.4, 0.5) is 8.78 Å². The number of hydrogen-bond acceptors (Lipinski definition) is 4. The summed E-state index contributed by atoms with van der Waals surface area (Å²) in [5.74, 6) is -2.65. The number of nitrogens with two attached hydrogens (primary N) is 1. The van der Waals surface area contributed by atoms with E-state index in [0.717, 1.165) is 18.2 Å². The maximum Gasteiger partial charge on any atom is 0.282 e. The number of alkyl halides is 2. The molecule has 0 fully saturated rings. The third-order valence-electron chi connectivity index (χ3n) is 3.00. The average molecular weight is 312 g/mol. The first kappa shape index (κ1) is 15.9. The van der Waals surface area contributed by atoms with Crippen molar-refractivity contribution in [2.24, 2.45) is 5.73 Å². The van der Waals surface area contributed by atoms with Crippen LogP contribution in [0.3, 0.4) is 0 Å². The van der Waals surface area contributed by atoms with Gasteiger partial charge in [-0.15, -0.1) is 10.2 Å². The molecule has 0 aliphatic rings. The Balaban J connectivity index is 2.11. The lowest BCUT2D eigenvalue weighted by Gasteiger charge is -2.16. The molecule has 0 unspecified atom stereocenters. The highest BCUT2D eigenvalue weighted by Crippen LogP contribution is 2.34. The maximum absolute atomic E-state index is 14.1. The van der Waals surface area contributed by atoms with Gasteiger partial charge in [0.2, 0.25) is 0 Å². The molecule has 0 spiro atoms. The predicted octanol–water partition coefficient (Wildman–Crippen LogP) is 3.03. The fourth-order valence-corrected chi connectivity index (χ4v) is 2.87. The van der Waals surface area contributed by atoms with Crippen LogP contribution in [-0.2, 0) is 19.0 Å². The molecule has 2 N–H and O–H groups in total. The zero-order valence-corrected chi connectivity index (χ0v) is 12.6. The second-order valence-electron chi connectivity index (χ2n) is 4.61. The number of halogens is 2. The van der Waals surface area contributed by atoms with E-state index >= 15 is 0 Å². The Morgan fingerprint density at radius 3 is 2.57 bits per heavy atom.